The summed E-state index contributed by atoms with van der Waals surface area (Å²) in [5, 5.41) is 0. The first-order valence-corrected chi connectivity index (χ1v) is 8.06. The fourth-order valence-corrected chi connectivity index (χ4v) is 3.22. The molecular formula is C11H22OS2. The van der Waals surface area contributed by atoms with Crippen molar-refractivity contribution >= 4 is 27.4 Å². The van der Waals surface area contributed by atoms with Gasteiger partial charge < -0.3 is 0 Å². The summed E-state index contributed by atoms with van der Waals surface area (Å²) in [5.41, 5.74) is 0. The highest BCUT2D eigenvalue weighted by atomic mass is 33.1. The predicted molar refractivity (Wildman–Crippen MR) is 69.0 cm³/mol. The molecule has 0 aromatic carbocycles. The van der Waals surface area contributed by atoms with Crippen LogP contribution in [0.2, 0.25) is 0 Å². The standard InChI is InChI=1S/C11H22OS2/c1-3-5-6-7-11(12)8-10-14-13-9-4-2/h3-10H2,1-2H3. The summed E-state index contributed by atoms with van der Waals surface area (Å²) < 4.78 is 0. The molecule has 0 bridgehead atoms. The Morgan fingerprint density at radius 2 is 1.64 bits per heavy atom. The zero-order chi connectivity index (χ0) is 10.6. The number of unbranched alkanes of at least 4 members (excludes halogenated alkanes) is 2. The Hall–Kier alpha value is 0.370. The lowest BCUT2D eigenvalue weighted by Crippen LogP contribution is -1.98. The first-order valence-electron chi connectivity index (χ1n) is 5.57. The third-order valence-corrected chi connectivity index (χ3v) is 4.51. The summed E-state index contributed by atoms with van der Waals surface area (Å²) in [4.78, 5) is 11.3. The van der Waals surface area contributed by atoms with Crippen LogP contribution in [0.1, 0.15) is 52.4 Å². The van der Waals surface area contributed by atoms with E-state index in [9.17, 15) is 4.79 Å². The topological polar surface area (TPSA) is 17.1 Å². The average Bonchev–Trinajstić information content (AvgIpc) is 2.18. The summed E-state index contributed by atoms with van der Waals surface area (Å²) in [6.07, 6.45) is 6.28. The van der Waals surface area contributed by atoms with Crippen LogP contribution in [0.25, 0.3) is 0 Å². The fourth-order valence-electron chi connectivity index (χ4n) is 1.05. The van der Waals surface area contributed by atoms with Crippen molar-refractivity contribution in [1.29, 1.82) is 0 Å². The van der Waals surface area contributed by atoms with Gasteiger partial charge in [-0.25, -0.2) is 0 Å². The number of carbonyl (C=O) groups is 1. The molecule has 0 amide bonds. The molecule has 84 valence electrons. The quantitative estimate of drug-likeness (QED) is 0.414. The van der Waals surface area contributed by atoms with E-state index in [-0.39, 0.29) is 0 Å². The van der Waals surface area contributed by atoms with Crippen LogP contribution < -0.4 is 0 Å². The molecule has 0 rings (SSSR count). The first-order chi connectivity index (χ1) is 6.81. The van der Waals surface area contributed by atoms with E-state index in [0.29, 0.717) is 5.78 Å². The zero-order valence-corrected chi connectivity index (χ0v) is 11.0. The average molecular weight is 234 g/mol. The number of rotatable bonds is 10. The van der Waals surface area contributed by atoms with Gasteiger partial charge in [0.25, 0.3) is 0 Å². The van der Waals surface area contributed by atoms with Gasteiger partial charge in [0.05, 0.1) is 0 Å². The fraction of sp³-hybridized carbons (Fsp3) is 0.909. The van der Waals surface area contributed by atoms with Crippen molar-refractivity contribution in [3.05, 3.63) is 0 Å². The van der Waals surface area contributed by atoms with E-state index in [0.717, 1.165) is 25.0 Å². The van der Waals surface area contributed by atoms with E-state index in [1.54, 1.807) is 0 Å². The minimum Gasteiger partial charge on any atom is -0.300 e. The van der Waals surface area contributed by atoms with E-state index >= 15 is 0 Å². The Bertz CT molecular complexity index is 137. The highest BCUT2D eigenvalue weighted by Gasteiger charge is 2.01. The summed E-state index contributed by atoms with van der Waals surface area (Å²) in [6, 6.07) is 0. The van der Waals surface area contributed by atoms with Crippen molar-refractivity contribution in [1.82, 2.24) is 0 Å². The molecule has 0 saturated heterocycles. The minimum absolute atomic E-state index is 0.447. The molecule has 0 atom stereocenters. The molecule has 0 heterocycles. The lowest BCUT2D eigenvalue weighted by Gasteiger charge is -2.00. The lowest BCUT2D eigenvalue weighted by atomic mass is 10.1. The van der Waals surface area contributed by atoms with Gasteiger partial charge in [0.2, 0.25) is 0 Å². The van der Waals surface area contributed by atoms with Crippen LogP contribution in [0.4, 0.5) is 0 Å². The molecule has 0 aliphatic carbocycles. The Kier molecular flexibility index (Phi) is 11.7. The van der Waals surface area contributed by atoms with Crippen molar-refractivity contribution in [3.63, 3.8) is 0 Å². The monoisotopic (exact) mass is 234 g/mol. The number of carbonyl (C=O) groups excluding carboxylic acids is 1. The van der Waals surface area contributed by atoms with E-state index < -0.39 is 0 Å². The maximum atomic E-state index is 11.3. The van der Waals surface area contributed by atoms with E-state index in [1.165, 1.54) is 25.0 Å². The van der Waals surface area contributed by atoms with Crippen LogP contribution in [0.5, 0.6) is 0 Å². The van der Waals surface area contributed by atoms with Gasteiger partial charge in [-0.15, -0.1) is 0 Å². The van der Waals surface area contributed by atoms with Crippen LogP contribution in [0, 0.1) is 0 Å². The molecule has 1 nitrogen and oxygen atoms in total. The molecule has 14 heavy (non-hydrogen) atoms. The lowest BCUT2D eigenvalue weighted by molar-refractivity contribution is -0.118. The number of ketones is 1. The molecule has 0 unspecified atom stereocenters. The summed E-state index contributed by atoms with van der Waals surface area (Å²) >= 11 is 0. The smallest absolute Gasteiger partial charge is 0.133 e. The molecule has 0 fully saturated rings. The van der Waals surface area contributed by atoms with Crippen LogP contribution in [-0.4, -0.2) is 17.3 Å². The second-order valence-corrected chi connectivity index (χ2v) is 6.09. The molecule has 3 heteroatoms. The van der Waals surface area contributed by atoms with Crippen molar-refractivity contribution in [2.75, 3.05) is 11.5 Å². The molecule has 0 spiro atoms. The second kappa shape index (κ2) is 11.4. The zero-order valence-electron chi connectivity index (χ0n) is 9.38. The molecule has 0 aliphatic heterocycles. The Balaban J connectivity index is 3.10. The van der Waals surface area contributed by atoms with Gasteiger partial charge in [-0.1, -0.05) is 48.3 Å². The Morgan fingerprint density at radius 3 is 2.29 bits per heavy atom. The third-order valence-electron chi connectivity index (χ3n) is 1.89. The van der Waals surface area contributed by atoms with Crippen LogP contribution in [-0.2, 0) is 4.79 Å². The van der Waals surface area contributed by atoms with Gasteiger partial charge >= 0.3 is 0 Å². The van der Waals surface area contributed by atoms with Gasteiger partial charge in [-0.3, -0.25) is 4.79 Å². The van der Waals surface area contributed by atoms with Gasteiger partial charge in [-0.2, -0.15) is 0 Å². The summed E-state index contributed by atoms with van der Waals surface area (Å²) in [5.74, 6) is 2.65. The highest BCUT2D eigenvalue weighted by molar-refractivity contribution is 8.76. The van der Waals surface area contributed by atoms with Crippen molar-refractivity contribution in [3.8, 4) is 0 Å². The van der Waals surface area contributed by atoms with Crippen molar-refractivity contribution in [2.24, 2.45) is 0 Å². The van der Waals surface area contributed by atoms with Crippen molar-refractivity contribution in [2.45, 2.75) is 52.4 Å². The van der Waals surface area contributed by atoms with Crippen LogP contribution in [0.15, 0.2) is 0 Å². The first kappa shape index (κ1) is 14.4. The third kappa shape index (κ3) is 10.5. The normalized spacial score (nSPS) is 10.4. The second-order valence-electron chi connectivity index (χ2n) is 3.39. The van der Waals surface area contributed by atoms with Gasteiger partial charge in [0.15, 0.2) is 0 Å². The van der Waals surface area contributed by atoms with Crippen LogP contribution in [0.3, 0.4) is 0 Å². The SMILES string of the molecule is CCCCCC(=O)CCSSCCC. The number of hydrogen-bond acceptors (Lipinski definition) is 3. The molecule has 0 saturated carbocycles. The predicted octanol–water partition coefficient (Wildman–Crippen LogP) is 4.32. The Labute approximate surface area is 96.2 Å². The van der Waals surface area contributed by atoms with E-state index in [2.05, 4.69) is 13.8 Å². The minimum atomic E-state index is 0.447. The van der Waals surface area contributed by atoms with Crippen LogP contribution >= 0.6 is 21.6 Å². The van der Waals surface area contributed by atoms with E-state index in [4.69, 9.17) is 0 Å². The molecule has 0 aliphatic rings. The highest BCUT2D eigenvalue weighted by Crippen LogP contribution is 2.22. The molecule has 0 aromatic rings. The van der Waals surface area contributed by atoms with Gasteiger partial charge in [-0.05, 0) is 12.8 Å². The molecule has 0 aromatic heterocycles. The van der Waals surface area contributed by atoms with Gasteiger partial charge in [0, 0.05) is 24.3 Å². The Morgan fingerprint density at radius 1 is 0.929 bits per heavy atom. The summed E-state index contributed by atoms with van der Waals surface area (Å²) in [7, 11) is 3.73. The maximum absolute atomic E-state index is 11.3. The summed E-state index contributed by atoms with van der Waals surface area (Å²) in [6.45, 7) is 4.35. The van der Waals surface area contributed by atoms with Gasteiger partial charge in [0.1, 0.15) is 5.78 Å². The molecule has 0 N–H and O–H groups in total. The largest absolute Gasteiger partial charge is 0.300 e. The molecular weight excluding hydrogens is 212 g/mol. The number of Topliss-reactive ketones (excluding diaryl/α,β-unsaturated/α-hetero) is 1. The number of hydrogen-bond donors (Lipinski definition) is 0. The van der Waals surface area contributed by atoms with E-state index in [1.807, 2.05) is 21.6 Å². The molecule has 0 radical (unpaired) electrons. The van der Waals surface area contributed by atoms with Crippen molar-refractivity contribution < 1.29 is 4.79 Å². The maximum Gasteiger partial charge on any atom is 0.133 e.